The van der Waals surface area contributed by atoms with Gasteiger partial charge in [0.25, 0.3) is 5.91 Å². The summed E-state index contributed by atoms with van der Waals surface area (Å²) in [6, 6.07) is 3.09. The predicted octanol–water partition coefficient (Wildman–Crippen LogP) is 0.464. The fourth-order valence-electron chi connectivity index (χ4n) is 1.61. The quantitative estimate of drug-likeness (QED) is 0.447. The van der Waals surface area contributed by atoms with Gasteiger partial charge in [-0.3, -0.25) is 19.8 Å². The van der Waals surface area contributed by atoms with Crippen LogP contribution >= 0.6 is 0 Å². The highest BCUT2D eigenvalue weighted by atomic mass is 16.5. The van der Waals surface area contributed by atoms with Crippen LogP contribution in [0.2, 0.25) is 0 Å². The Morgan fingerprint density at radius 3 is 3.12 bits per heavy atom. The number of nitrogens with zero attached hydrogens (tertiary/aromatic N) is 2. The van der Waals surface area contributed by atoms with Crippen molar-refractivity contribution in [2.24, 2.45) is 0 Å². The van der Waals surface area contributed by atoms with Gasteiger partial charge < -0.3 is 4.74 Å². The Bertz CT molecular complexity index is 446. The van der Waals surface area contributed by atoms with E-state index >= 15 is 0 Å². The maximum atomic E-state index is 11.6. The molecule has 6 nitrogen and oxygen atoms in total. The second kappa shape index (κ2) is 3.90. The highest BCUT2D eigenvalue weighted by Gasteiger charge is 2.43. The van der Waals surface area contributed by atoms with Crippen LogP contribution in [0.3, 0.4) is 0 Å². The second-order valence-corrected chi connectivity index (χ2v) is 3.24. The van der Waals surface area contributed by atoms with E-state index in [4.69, 9.17) is 4.74 Å². The van der Waals surface area contributed by atoms with E-state index in [2.05, 4.69) is 4.98 Å². The first kappa shape index (κ1) is 10.6. The lowest BCUT2D eigenvalue weighted by Gasteiger charge is -2.07. The van der Waals surface area contributed by atoms with Crippen LogP contribution in [0.15, 0.2) is 18.3 Å². The number of ether oxygens (including phenoxy) is 1. The van der Waals surface area contributed by atoms with Gasteiger partial charge in [0.2, 0.25) is 0 Å². The minimum absolute atomic E-state index is 0.177. The fourth-order valence-corrected chi connectivity index (χ4v) is 1.61. The molecule has 1 aliphatic heterocycles. The first-order valence-electron chi connectivity index (χ1n) is 4.81. The van der Waals surface area contributed by atoms with Crippen molar-refractivity contribution in [2.75, 3.05) is 11.7 Å². The largest absolute Gasteiger partial charge is 0.465 e. The third kappa shape index (κ3) is 1.43. The summed E-state index contributed by atoms with van der Waals surface area (Å²) in [6.45, 7) is 1.82. The van der Waals surface area contributed by atoms with Crippen molar-refractivity contribution in [3.05, 3.63) is 24.0 Å². The van der Waals surface area contributed by atoms with E-state index in [0.717, 1.165) is 0 Å². The molecule has 16 heavy (non-hydrogen) atoms. The predicted molar refractivity (Wildman–Crippen MR) is 52.9 cm³/mol. The third-order valence-electron chi connectivity index (χ3n) is 2.30. The van der Waals surface area contributed by atoms with Gasteiger partial charge in [0.05, 0.1) is 18.0 Å². The summed E-state index contributed by atoms with van der Waals surface area (Å²) < 4.78 is 4.76. The van der Waals surface area contributed by atoms with Crippen molar-refractivity contribution in [1.82, 2.24) is 4.98 Å². The van der Waals surface area contributed by atoms with Crippen LogP contribution in [0.25, 0.3) is 0 Å². The number of aromatic nitrogens is 1. The molecule has 1 aromatic rings. The Labute approximate surface area is 91.4 Å². The molecular formula is C10H10N2O4. The Kier molecular flexibility index (Phi) is 2.57. The van der Waals surface area contributed by atoms with Gasteiger partial charge in [-0.15, -0.1) is 0 Å². The van der Waals surface area contributed by atoms with E-state index in [-0.39, 0.29) is 18.0 Å². The van der Waals surface area contributed by atoms with Crippen molar-refractivity contribution in [1.29, 1.82) is 0 Å². The maximum Gasteiger partial charge on any atom is 0.324 e. The number of rotatable bonds is 2. The van der Waals surface area contributed by atoms with Gasteiger partial charge in [-0.2, -0.15) is 5.06 Å². The smallest absolute Gasteiger partial charge is 0.324 e. The molecule has 0 fully saturated rings. The maximum absolute atomic E-state index is 11.6. The minimum Gasteiger partial charge on any atom is -0.465 e. The Morgan fingerprint density at radius 2 is 2.44 bits per heavy atom. The molecule has 0 aliphatic carbocycles. The number of carbonyl (C=O) groups is 2. The first-order valence-corrected chi connectivity index (χ1v) is 4.81. The minimum atomic E-state index is -1.15. The van der Waals surface area contributed by atoms with Crippen molar-refractivity contribution in [3.63, 3.8) is 0 Å². The van der Waals surface area contributed by atoms with Gasteiger partial charge in [-0.25, -0.2) is 0 Å². The number of hydrogen-bond donors (Lipinski definition) is 1. The molecule has 1 aromatic heterocycles. The van der Waals surface area contributed by atoms with Crippen LogP contribution in [0.4, 0.5) is 5.69 Å². The molecule has 1 aliphatic rings. The molecule has 84 valence electrons. The normalized spacial score (nSPS) is 18.5. The van der Waals surface area contributed by atoms with Gasteiger partial charge in [-0.05, 0) is 19.1 Å². The van der Waals surface area contributed by atoms with Crippen LogP contribution < -0.4 is 5.06 Å². The fraction of sp³-hybridized carbons (Fsp3) is 0.300. The molecule has 0 spiro atoms. The summed E-state index contributed by atoms with van der Waals surface area (Å²) in [5, 5.41) is 9.91. The molecule has 6 heteroatoms. The molecule has 2 heterocycles. The zero-order chi connectivity index (χ0) is 11.7. The molecule has 0 bridgehead atoms. The van der Waals surface area contributed by atoms with Crippen LogP contribution in [0.5, 0.6) is 0 Å². The van der Waals surface area contributed by atoms with E-state index < -0.39 is 17.8 Å². The monoisotopic (exact) mass is 222 g/mol. The first-order chi connectivity index (χ1) is 7.66. The summed E-state index contributed by atoms with van der Waals surface area (Å²) in [6.07, 6.45) is 1.46. The lowest BCUT2D eigenvalue weighted by atomic mass is 10.1. The summed E-state index contributed by atoms with van der Waals surface area (Å²) >= 11 is 0. The summed E-state index contributed by atoms with van der Waals surface area (Å²) in [5.74, 6) is -2.57. The van der Waals surface area contributed by atoms with E-state index in [0.29, 0.717) is 5.06 Å². The molecule has 1 unspecified atom stereocenters. The van der Waals surface area contributed by atoms with Crippen molar-refractivity contribution in [3.8, 4) is 0 Å². The number of amides is 1. The molecule has 0 aromatic carbocycles. The van der Waals surface area contributed by atoms with E-state index in [1.54, 1.807) is 13.0 Å². The van der Waals surface area contributed by atoms with Gasteiger partial charge in [0.1, 0.15) is 0 Å². The summed E-state index contributed by atoms with van der Waals surface area (Å²) in [5.41, 5.74) is 0.457. The summed E-state index contributed by atoms with van der Waals surface area (Å²) in [7, 11) is 0. The van der Waals surface area contributed by atoms with Crippen LogP contribution in [-0.4, -0.2) is 28.7 Å². The topological polar surface area (TPSA) is 79.7 Å². The Morgan fingerprint density at radius 1 is 1.69 bits per heavy atom. The molecule has 1 atom stereocenters. The van der Waals surface area contributed by atoms with E-state index in [1.165, 1.54) is 12.3 Å². The van der Waals surface area contributed by atoms with Gasteiger partial charge in [0.15, 0.2) is 5.92 Å². The number of pyridine rings is 1. The molecule has 0 radical (unpaired) electrons. The van der Waals surface area contributed by atoms with Crippen LogP contribution in [0.1, 0.15) is 18.5 Å². The van der Waals surface area contributed by atoms with Gasteiger partial charge in [0, 0.05) is 6.20 Å². The van der Waals surface area contributed by atoms with Crippen molar-refractivity contribution >= 4 is 17.6 Å². The molecular weight excluding hydrogens is 212 g/mol. The van der Waals surface area contributed by atoms with Crippen LogP contribution in [-0.2, 0) is 14.3 Å². The van der Waals surface area contributed by atoms with Gasteiger partial charge >= 0.3 is 5.97 Å². The molecule has 1 amide bonds. The average molecular weight is 222 g/mol. The molecule has 0 saturated heterocycles. The average Bonchev–Trinajstić information content (AvgIpc) is 2.53. The van der Waals surface area contributed by atoms with E-state index in [1.807, 2.05) is 0 Å². The number of hydroxylamine groups is 1. The highest BCUT2D eigenvalue weighted by molar-refractivity contribution is 6.14. The van der Waals surface area contributed by atoms with Crippen molar-refractivity contribution in [2.45, 2.75) is 12.8 Å². The highest BCUT2D eigenvalue weighted by Crippen LogP contribution is 2.34. The molecule has 1 N–H and O–H groups in total. The number of hydrogen-bond acceptors (Lipinski definition) is 5. The van der Waals surface area contributed by atoms with E-state index in [9.17, 15) is 14.8 Å². The number of carbonyl (C=O) groups excluding carboxylic acids is 2. The van der Waals surface area contributed by atoms with Crippen molar-refractivity contribution < 1.29 is 19.5 Å². The number of anilines is 1. The number of fused-ring (bicyclic) bond motifs is 1. The zero-order valence-electron chi connectivity index (χ0n) is 8.58. The lowest BCUT2D eigenvalue weighted by Crippen LogP contribution is -2.29. The lowest BCUT2D eigenvalue weighted by molar-refractivity contribution is -0.148. The zero-order valence-corrected chi connectivity index (χ0v) is 8.58. The third-order valence-corrected chi connectivity index (χ3v) is 2.30. The second-order valence-electron chi connectivity index (χ2n) is 3.24. The van der Waals surface area contributed by atoms with Crippen LogP contribution in [0, 0.1) is 0 Å². The van der Waals surface area contributed by atoms with Gasteiger partial charge in [-0.1, -0.05) is 0 Å². The molecule has 0 saturated carbocycles. The molecule has 2 rings (SSSR count). The number of esters is 1. The SMILES string of the molecule is CCOC(=O)C1C(=O)N(O)c2cccnc21. The Hall–Kier alpha value is -1.95. The standard InChI is InChI=1S/C10H10N2O4/c1-2-16-10(14)7-8-6(4-3-5-11-8)12(15)9(7)13/h3-5,7,15H,2H2,1H3. The Balaban J connectivity index is 2.41. The summed E-state index contributed by atoms with van der Waals surface area (Å²) in [4.78, 5) is 27.1.